The van der Waals surface area contributed by atoms with Gasteiger partial charge in [0.2, 0.25) is 11.8 Å². The summed E-state index contributed by atoms with van der Waals surface area (Å²) < 4.78 is 12.1. The van der Waals surface area contributed by atoms with Gasteiger partial charge in [-0.1, -0.05) is 71.4 Å². The largest absolute Gasteiger partial charge is 0.379 e. The highest BCUT2D eigenvalue weighted by Crippen LogP contribution is 2.31. The number of nitrogens with one attached hydrogen (secondary N) is 1. The number of Topliss-reactive ketones (excluding diaryl/α,β-unsaturated/α-hetero) is 2. The summed E-state index contributed by atoms with van der Waals surface area (Å²) in [6.45, 7) is 14.4. The number of nitrogens with zero attached hydrogens (tertiary/aromatic N) is 4. The van der Waals surface area contributed by atoms with E-state index in [-0.39, 0.29) is 72.1 Å². The van der Waals surface area contributed by atoms with E-state index in [0.717, 1.165) is 18.4 Å². The van der Waals surface area contributed by atoms with Crippen LogP contribution >= 0.6 is 0 Å². The zero-order chi connectivity index (χ0) is 42.4. The number of benzene rings is 1. The molecule has 3 amide bonds. The van der Waals surface area contributed by atoms with Crippen molar-refractivity contribution in [2.24, 2.45) is 35.3 Å². The van der Waals surface area contributed by atoms with Crippen LogP contribution in [0.2, 0.25) is 0 Å². The van der Waals surface area contributed by atoms with Crippen molar-refractivity contribution in [2.75, 3.05) is 40.9 Å². The van der Waals surface area contributed by atoms with Crippen molar-refractivity contribution < 1.29 is 33.4 Å². The van der Waals surface area contributed by atoms with Gasteiger partial charge in [-0.05, 0) is 56.6 Å². The van der Waals surface area contributed by atoms with E-state index in [0.29, 0.717) is 44.0 Å². The van der Waals surface area contributed by atoms with E-state index in [1.54, 1.807) is 39.2 Å². The number of methoxy groups -OCH3 is 2. The SMILES string of the molecule is CC[C@H](C)[C@@H]([C@@H](CC(=O)N1CCC[C@H]1[C@H](OC)[C@@H](C)C(=O)C[C@@H](Cc1ccccc1)C(C)=O)OC)N(C)C(=O)[C@@H](Cc1nc(C)cc(C(=O)NCCN)n1)C(C)C. The number of carbonyl (C=O) groups is 5. The maximum atomic E-state index is 14.5. The second-order valence-corrected chi connectivity index (χ2v) is 16.2. The second-order valence-electron chi connectivity index (χ2n) is 16.2. The third-order valence-corrected chi connectivity index (χ3v) is 11.8. The van der Waals surface area contributed by atoms with Gasteiger partial charge < -0.3 is 30.3 Å². The van der Waals surface area contributed by atoms with Crippen LogP contribution in [0, 0.1) is 36.5 Å². The van der Waals surface area contributed by atoms with Gasteiger partial charge in [0.05, 0.1) is 30.7 Å². The molecule has 1 aliphatic rings. The number of likely N-dealkylation sites (N-methyl/N-ethyl adjacent to an activating group) is 1. The topological polar surface area (TPSA) is 174 Å². The molecule has 13 heteroatoms. The summed E-state index contributed by atoms with van der Waals surface area (Å²) >= 11 is 0. The second kappa shape index (κ2) is 22.8. The van der Waals surface area contributed by atoms with E-state index in [9.17, 15) is 24.0 Å². The minimum absolute atomic E-state index is 0.0126. The number of likely N-dealkylation sites (tertiary alicyclic amines) is 1. The molecule has 2 heterocycles. The number of carbonyl (C=O) groups excluding carboxylic acids is 5. The minimum Gasteiger partial charge on any atom is -0.379 e. The highest BCUT2D eigenvalue weighted by molar-refractivity contribution is 5.92. The zero-order valence-corrected chi connectivity index (χ0v) is 36.0. The lowest BCUT2D eigenvalue weighted by molar-refractivity contribution is -0.148. The molecule has 8 atom stereocenters. The number of nitrogens with two attached hydrogens (primary N) is 1. The molecular formula is C44H68N6O7. The molecule has 1 fully saturated rings. The van der Waals surface area contributed by atoms with Crippen molar-refractivity contribution in [3.05, 3.63) is 59.2 Å². The summed E-state index contributed by atoms with van der Waals surface area (Å²) in [5, 5.41) is 2.74. The molecule has 2 aromatic rings. The molecular weight excluding hydrogens is 725 g/mol. The highest BCUT2D eigenvalue weighted by Gasteiger charge is 2.43. The average molecular weight is 793 g/mol. The van der Waals surface area contributed by atoms with E-state index >= 15 is 0 Å². The summed E-state index contributed by atoms with van der Waals surface area (Å²) in [6, 6.07) is 10.6. The summed E-state index contributed by atoms with van der Waals surface area (Å²) in [5.74, 6) is -1.86. The Kier molecular flexibility index (Phi) is 18.9. The fourth-order valence-corrected chi connectivity index (χ4v) is 8.21. The molecule has 1 aliphatic heterocycles. The van der Waals surface area contributed by atoms with Crippen molar-refractivity contribution in [3.63, 3.8) is 0 Å². The van der Waals surface area contributed by atoms with Crippen LogP contribution in [0.4, 0.5) is 0 Å². The Morgan fingerprint density at radius 3 is 2.26 bits per heavy atom. The first kappa shape index (κ1) is 47.3. The number of ether oxygens (including phenoxy) is 2. The van der Waals surface area contributed by atoms with Crippen LogP contribution in [0.15, 0.2) is 36.4 Å². The van der Waals surface area contributed by atoms with Gasteiger partial charge in [-0.3, -0.25) is 24.0 Å². The molecule has 1 aromatic carbocycles. The monoisotopic (exact) mass is 793 g/mol. The van der Waals surface area contributed by atoms with Crippen LogP contribution in [0.1, 0.15) is 101 Å². The van der Waals surface area contributed by atoms with Crippen LogP contribution < -0.4 is 11.1 Å². The molecule has 0 radical (unpaired) electrons. The average Bonchev–Trinajstić information content (AvgIpc) is 3.67. The Hall–Kier alpha value is -4.07. The molecule has 0 bridgehead atoms. The lowest BCUT2D eigenvalue weighted by atomic mass is 9.84. The normalized spacial score (nSPS) is 18.0. The van der Waals surface area contributed by atoms with Crippen LogP contribution in [-0.4, -0.2) is 114 Å². The molecule has 0 spiro atoms. The summed E-state index contributed by atoms with van der Waals surface area (Å²) in [6.07, 6.45) is 1.88. The number of hydrogen-bond acceptors (Lipinski definition) is 10. The van der Waals surface area contributed by atoms with Crippen molar-refractivity contribution in [1.29, 1.82) is 0 Å². The third-order valence-electron chi connectivity index (χ3n) is 11.8. The maximum absolute atomic E-state index is 14.5. The standard InChI is InChI=1S/C44H68N6O7/c1-11-28(4)41(49(8)44(55)34(27(2)3)25-39-47-29(5)22-35(48-39)43(54)46-20-19-45)38(56-9)26-40(53)50-21-15-18-36(50)42(57-10)30(6)37(52)24-33(31(7)51)23-32-16-13-12-14-17-32/h12-14,16-17,22,27-28,30,33-34,36,38,41-42H,11,15,18-21,23-26,45H2,1-10H3,(H,46,54)/t28-,30-,33+,34-,36-,38+,41-,42+/m0/s1. The first-order valence-electron chi connectivity index (χ1n) is 20.6. The van der Waals surface area contributed by atoms with Gasteiger partial charge in [-0.2, -0.15) is 0 Å². The van der Waals surface area contributed by atoms with E-state index in [4.69, 9.17) is 15.2 Å². The predicted octanol–water partition coefficient (Wildman–Crippen LogP) is 4.62. The molecule has 3 N–H and O–H groups in total. The summed E-state index contributed by atoms with van der Waals surface area (Å²) in [4.78, 5) is 80.4. The lowest BCUT2D eigenvalue weighted by Gasteiger charge is -2.40. The van der Waals surface area contributed by atoms with Crippen molar-refractivity contribution >= 4 is 29.3 Å². The number of ketones is 2. The first-order chi connectivity index (χ1) is 27.1. The number of aryl methyl sites for hydroxylation is 1. The number of aromatic nitrogens is 2. The van der Waals surface area contributed by atoms with Crippen molar-refractivity contribution in [1.82, 2.24) is 25.1 Å². The van der Waals surface area contributed by atoms with Crippen LogP contribution in [-0.2, 0) is 41.5 Å². The summed E-state index contributed by atoms with van der Waals surface area (Å²) in [7, 11) is 4.92. The van der Waals surface area contributed by atoms with E-state index in [2.05, 4.69) is 29.1 Å². The van der Waals surface area contributed by atoms with Crippen LogP contribution in [0.25, 0.3) is 0 Å². The third kappa shape index (κ3) is 13.0. The molecule has 316 valence electrons. The number of amides is 3. The molecule has 1 saturated heterocycles. The van der Waals surface area contributed by atoms with E-state index < -0.39 is 36.0 Å². The van der Waals surface area contributed by atoms with E-state index in [1.165, 1.54) is 6.92 Å². The van der Waals surface area contributed by atoms with Gasteiger partial charge in [0.25, 0.3) is 5.91 Å². The molecule has 0 saturated carbocycles. The zero-order valence-electron chi connectivity index (χ0n) is 36.0. The van der Waals surface area contributed by atoms with Crippen molar-refractivity contribution in [2.45, 2.75) is 118 Å². The summed E-state index contributed by atoms with van der Waals surface area (Å²) in [5.41, 5.74) is 7.41. The molecule has 0 unspecified atom stereocenters. The quantitative estimate of drug-likeness (QED) is 0.162. The Morgan fingerprint density at radius 1 is 1.00 bits per heavy atom. The maximum Gasteiger partial charge on any atom is 0.270 e. The smallest absolute Gasteiger partial charge is 0.270 e. The Morgan fingerprint density at radius 2 is 1.68 bits per heavy atom. The highest BCUT2D eigenvalue weighted by atomic mass is 16.5. The molecule has 13 nitrogen and oxygen atoms in total. The van der Waals surface area contributed by atoms with Gasteiger partial charge in [0.1, 0.15) is 23.1 Å². The van der Waals surface area contributed by atoms with Gasteiger partial charge in [-0.15, -0.1) is 0 Å². The van der Waals surface area contributed by atoms with Crippen LogP contribution in [0.5, 0.6) is 0 Å². The van der Waals surface area contributed by atoms with Gasteiger partial charge >= 0.3 is 0 Å². The minimum atomic E-state index is -0.613. The van der Waals surface area contributed by atoms with Gasteiger partial charge in [0, 0.05) is 77.2 Å². The lowest BCUT2D eigenvalue weighted by Crippen LogP contribution is -2.54. The molecule has 0 aliphatic carbocycles. The van der Waals surface area contributed by atoms with Crippen LogP contribution in [0.3, 0.4) is 0 Å². The molecule has 3 rings (SSSR count). The fraction of sp³-hybridized carbons (Fsp3) is 0.659. The van der Waals surface area contributed by atoms with Gasteiger partial charge in [-0.25, -0.2) is 9.97 Å². The predicted molar refractivity (Wildman–Crippen MR) is 220 cm³/mol. The number of rotatable bonds is 23. The Bertz CT molecular complexity index is 1640. The first-order valence-corrected chi connectivity index (χ1v) is 20.6. The Balaban J connectivity index is 1.79. The molecule has 1 aromatic heterocycles. The number of hydrogen-bond donors (Lipinski definition) is 2. The fourth-order valence-electron chi connectivity index (χ4n) is 8.21. The van der Waals surface area contributed by atoms with Gasteiger partial charge in [0.15, 0.2) is 0 Å². The van der Waals surface area contributed by atoms with E-state index in [1.807, 2.05) is 56.0 Å². The molecule has 57 heavy (non-hydrogen) atoms. The Labute approximate surface area is 340 Å². The van der Waals surface area contributed by atoms with Crippen molar-refractivity contribution in [3.8, 4) is 0 Å².